The molecule has 1 aromatic heterocycles. The van der Waals surface area contributed by atoms with Crippen molar-refractivity contribution in [1.82, 2.24) is 14.8 Å². The summed E-state index contributed by atoms with van der Waals surface area (Å²) in [5.41, 5.74) is 3.56. The first-order valence-electron chi connectivity index (χ1n) is 10.5. The van der Waals surface area contributed by atoms with Crippen molar-refractivity contribution in [1.29, 1.82) is 0 Å². The largest absolute Gasteiger partial charge is 0.465 e. The van der Waals surface area contributed by atoms with Crippen molar-refractivity contribution in [3.8, 4) is 11.1 Å². The van der Waals surface area contributed by atoms with Crippen LogP contribution >= 0.6 is 0 Å². The van der Waals surface area contributed by atoms with Gasteiger partial charge in [-0.2, -0.15) is 0 Å². The lowest BCUT2D eigenvalue weighted by Gasteiger charge is -2.24. The number of pyridine rings is 1. The molecule has 0 radical (unpaired) electrons. The van der Waals surface area contributed by atoms with Crippen LogP contribution < -0.4 is 0 Å². The number of nitrogens with zero attached hydrogens (tertiary/aromatic N) is 3. The molecular formula is C25H29N3O3. The molecule has 0 unspecified atom stereocenters. The molecule has 6 nitrogen and oxygen atoms in total. The van der Waals surface area contributed by atoms with Crippen molar-refractivity contribution in [2.75, 3.05) is 33.8 Å². The fourth-order valence-corrected chi connectivity index (χ4v) is 3.82. The number of likely N-dealkylation sites (N-methyl/N-ethyl adjacent to an activating group) is 2. The van der Waals surface area contributed by atoms with E-state index in [4.69, 9.17) is 9.72 Å². The number of aromatic nitrogens is 1. The highest BCUT2D eigenvalue weighted by Gasteiger charge is 2.24. The van der Waals surface area contributed by atoms with E-state index in [1.807, 2.05) is 80.4 Å². The smallest absolute Gasteiger partial charge is 0.340 e. The van der Waals surface area contributed by atoms with Gasteiger partial charge in [0.1, 0.15) is 0 Å². The molecule has 0 N–H and O–H groups in total. The van der Waals surface area contributed by atoms with Gasteiger partial charge in [0.25, 0.3) is 0 Å². The number of carbonyl (C=O) groups excluding carboxylic acids is 2. The van der Waals surface area contributed by atoms with Gasteiger partial charge in [-0.15, -0.1) is 0 Å². The predicted octanol–water partition coefficient (Wildman–Crippen LogP) is 3.99. The van der Waals surface area contributed by atoms with Gasteiger partial charge in [-0.1, -0.05) is 48.5 Å². The Morgan fingerprint density at radius 1 is 0.968 bits per heavy atom. The Bertz CT molecular complexity index is 1060. The van der Waals surface area contributed by atoms with Gasteiger partial charge in [0, 0.05) is 30.6 Å². The lowest BCUT2D eigenvalue weighted by molar-refractivity contribution is -0.131. The number of rotatable bonds is 8. The summed E-state index contributed by atoms with van der Waals surface area (Å²) in [5.74, 6) is -0.383. The molecule has 162 valence electrons. The number of benzene rings is 2. The second kappa shape index (κ2) is 10.2. The van der Waals surface area contributed by atoms with Gasteiger partial charge in [0.05, 0.1) is 30.4 Å². The zero-order valence-electron chi connectivity index (χ0n) is 18.6. The van der Waals surface area contributed by atoms with E-state index >= 15 is 0 Å². The minimum absolute atomic E-state index is 0.0520. The molecular weight excluding hydrogens is 390 g/mol. The summed E-state index contributed by atoms with van der Waals surface area (Å²) in [4.78, 5) is 34.0. The van der Waals surface area contributed by atoms with Gasteiger partial charge < -0.3 is 9.64 Å². The van der Waals surface area contributed by atoms with Crippen LogP contribution in [0.4, 0.5) is 0 Å². The number of esters is 1. The second-order valence-corrected chi connectivity index (χ2v) is 7.42. The topological polar surface area (TPSA) is 62.7 Å². The van der Waals surface area contributed by atoms with E-state index in [1.165, 1.54) is 7.11 Å². The van der Waals surface area contributed by atoms with E-state index in [0.717, 1.165) is 22.0 Å². The van der Waals surface area contributed by atoms with Crippen LogP contribution in [0.25, 0.3) is 22.0 Å². The summed E-state index contributed by atoms with van der Waals surface area (Å²) in [5, 5.41) is 0.889. The fourth-order valence-electron chi connectivity index (χ4n) is 3.82. The van der Waals surface area contributed by atoms with Crippen LogP contribution in [-0.4, -0.2) is 60.5 Å². The molecule has 3 rings (SSSR count). The minimum Gasteiger partial charge on any atom is -0.465 e. The van der Waals surface area contributed by atoms with E-state index in [0.29, 0.717) is 30.9 Å². The molecule has 0 saturated carbocycles. The Morgan fingerprint density at radius 3 is 2.26 bits per heavy atom. The van der Waals surface area contributed by atoms with Gasteiger partial charge >= 0.3 is 5.97 Å². The lowest BCUT2D eigenvalue weighted by atomic mass is 9.94. The highest BCUT2D eigenvalue weighted by molar-refractivity contribution is 6.07. The van der Waals surface area contributed by atoms with Crippen molar-refractivity contribution in [2.24, 2.45) is 0 Å². The van der Waals surface area contributed by atoms with E-state index < -0.39 is 5.97 Å². The van der Waals surface area contributed by atoms with Crippen molar-refractivity contribution in [3.05, 3.63) is 65.9 Å². The molecule has 0 atom stereocenters. The molecule has 0 aliphatic carbocycles. The summed E-state index contributed by atoms with van der Waals surface area (Å²) >= 11 is 0. The van der Waals surface area contributed by atoms with Crippen molar-refractivity contribution >= 4 is 22.8 Å². The Hall–Kier alpha value is -3.25. The minimum atomic E-state index is -0.435. The van der Waals surface area contributed by atoms with Crippen molar-refractivity contribution in [2.45, 2.75) is 20.4 Å². The Balaban J connectivity index is 2.11. The molecule has 0 saturated heterocycles. The maximum absolute atomic E-state index is 12.9. The number of hydrogen-bond acceptors (Lipinski definition) is 5. The number of ether oxygens (including phenoxy) is 1. The second-order valence-electron chi connectivity index (χ2n) is 7.42. The first-order valence-corrected chi connectivity index (χ1v) is 10.5. The third-order valence-electron chi connectivity index (χ3n) is 5.36. The fraction of sp³-hybridized carbons (Fsp3) is 0.320. The number of hydrogen-bond donors (Lipinski definition) is 0. The van der Waals surface area contributed by atoms with Crippen LogP contribution in [0, 0.1) is 0 Å². The Labute approximate surface area is 183 Å². The number of methoxy groups -OCH3 is 1. The molecule has 1 heterocycles. The molecule has 0 bridgehead atoms. The monoisotopic (exact) mass is 419 g/mol. The molecule has 3 aromatic rings. The molecule has 0 spiro atoms. The molecule has 6 heteroatoms. The molecule has 2 aromatic carbocycles. The van der Waals surface area contributed by atoms with Crippen LogP contribution in [0.5, 0.6) is 0 Å². The van der Waals surface area contributed by atoms with Crippen LogP contribution in [0.15, 0.2) is 54.6 Å². The number of fused-ring (bicyclic) bond motifs is 1. The quantitative estimate of drug-likeness (QED) is 0.517. The molecule has 0 aliphatic rings. The summed E-state index contributed by atoms with van der Waals surface area (Å²) in [6, 6.07) is 17.6. The van der Waals surface area contributed by atoms with E-state index in [-0.39, 0.29) is 12.5 Å². The Morgan fingerprint density at radius 2 is 1.61 bits per heavy atom. The maximum Gasteiger partial charge on any atom is 0.340 e. The van der Waals surface area contributed by atoms with Crippen LogP contribution in [0.2, 0.25) is 0 Å². The summed E-state index contributed by atoms with van der Waals surface area (Å²) in [6.45, 7) is 5.87. The SMILES string of the molecule is CCN(CC)C(=O)CN(C)Cc1nc2ccccc2c(-c2ccccc2)c1C(=O)OC. The highest BCUT2D eigenvalue weighted by atomic mass is 16.5. The molecule has 0 aliphatic heterocycles. The maximum atomic E-state index is 12.9. The zero-order valence-corrected chi connectivity index (χ0v) is 18.6. The average Bonchev–Trinajstić information content (AvgIpc) is 2.79. The summed E-state index contributed by atoms with van der Waals surface area (Å²) in [7, 11) is 3.24. The molecule has 0 fully saturated rings. The highest BCUT2D eigenvalue weighted by Crippen LogP contribution is 2.34. The standard InChI is InChI=1S/C25H29N3O3/c1-5-28(6-2)22(29)17-27(3)16-21-24(25(30)31-4)23(18-12-8-7-9-13-18)19-14-10-11-15-20(19)26-21/h7-15H,5-6,16-17H2,1-4H3. The predicted molar refractivity (Wildman–Crippen MR) is 123 cm³/mol. The van der Waals surface area contributed by atoms with Crippen LogP contribution in [0.3, 0.4) is 0 Å². The number of amides is 1. The van der Waals surface area contributed by atoms with Crippen molar-refractivity contribution in [3.63, 3.8) is 0 Å². The van der Waals surface area contributed by atoms with Gasteiger partial charge in [-0.05, 0) is 32.5 Å². The third kappa shape index (κ3) is 4.91. The summed E-state index contributed by atoms with van der Waals surface area (Å²) < 4.78 is 5.15. The first kappa shape index (κ1) is 22.4. The van der Waals surface area contributed by atoms with Gasteiger partial charge in [0.15, 0.2) is 0 Å². The summed E-state index contributed by atoms with van der Waals surface area (Å²) in [6.07, 6.45) is 0. The van der Waals surface area contributed by atoms with Crippen LogP contribution in [0.1, 0.15) is 29.9 Å². The Kier molecular flexibility index (Phi) is 7.36. The third-order valence-corrected chi connectivity index (χ3v) is 5.36. The molecule has 1 amide bonds. The lowest BCUT2D eigenvalue weighted by Crippen LogP contribution is -2.38. The van der Waals surface area contributed by atoms with Gasteiger partial charge in [-0.3, -0.25) is 14.7 Å². The van der Waals surface area contributed by atoms with E-state index in [2.05, 4.69) is 0 Å². The van der Waals surface area contributed by atoms with Crippen LogP contribution in [-0.2, 0) is 16.1 Å². The van der Waals surface area contributed by atoms with Gasteiger partial charge in [0.2, 0.25) is 5.91 Å². The average molecular weight is 420 g/mol. The molecule has 31 heavy (non-hydrogen) atoms. The van der Waals surface area contributed by atoms with E-state index in [1.54, 1.807) is 4.90 Å². The van der Waals surface area contributed by atoms with E-state index in [9.17, 15) is 9.59 Å². The van der Waals surface area contributed by atoms with Crippen molar-refractivity contribution < 1.29 is 14.3 Å². The number of carbonyl (C=O) groups is 2. The first-order chi connectivity index (χ1) is 15.0. The normalized spacial score (nSPS) is 11.0. The zero-order chi connectivity index (χ0) is 22.4. The number of para-hydroxylation sites is 1. The van der Waals surface area contributed by atoms with Gasteiger partial charge in [-0.25, -0.2) is 4.79 Å².